The van der Waals surface area contributed by atoms with Crippen LogP contribution in [0.4, 0.5) is 0 Å². The van der Waals surface area contributed by atoms with Crippen LogP contribution in [0.5, 0.6) is 0 Å². The molecule has 0 aromatic carbocycles. The number of fused-ring (bicyclic) bond motifs is 3. The van der Waals surface area contributed by atoms with Gasteiger partial charge in [-0.05, 0) is 6.08 Å². The lowest BCUT2D eigenvalue weighted by atomic mass is 9.79. The quantitative estimate of drug-likeness (QED) is 0.724. The lowest BCUT2D eigenvalue weighted by Crippen LogP contribution is -2.26. The van der Waals surface area contributed by atoms with E-state index in [9.17, 15) is 4.79 Å². The maximum absolute atomic E-state index is 11.2. The minimum absolute atomic E-state index is 0.0427. The van der Waals surface area contributed by atoms with Crippen molar-refractivity contribution in [2.45, 2.75) is 12.5 Å². The molecule has 0 saturated heterocycles. The van der Waals surface area contributed by atoms with E-state index in [4.69, 9.17) is 5.73 Å². The first kappa shape index (κ1) is 10.3. The van der Waals surface area contributed by atoms with Gasteiger partial charge in [0.2, 0.25) is 5.91 Å². The maximum atomic E-state index is 11.2. The number of allylic oxidation sites excluding steroid dienone is 4. The van der Waals surface area contributed by atoms with Crippen molar-refractivity contribution < 1.29 is 4.79 Å². The SMILES string of the molecule is NC(=O)C1=CC2N=CCC3=CC=CC3C2C=C1. The van der Waals surface area contributed by atoms with Gasteiger partial charge in [0, 0.05) is 30.0 Å². The van der Waals surface area contributed by atoms with Crippen molar-refractivity contribution in [3.05, 3.63) is 47.6 Å². The van der Waals surface area contributed by atoms with Crippen molar-refractivity contribution in [1.82, 2.24) is 0 Å². The lowest BCUT2D eigenvalue weighted by Gasteiger charge is -2.26. The average molecular weight is 226 g/mol. The molecule has 3 unspecified atom stereocenters. The number of primary amides is 1. The van der Waals surface area contributed by atoms with Crippen LogP contribution in [-0.4, -0.2) is 18.2 Å². The third-order valence-corrected chi connectivity index (χ3v) is 3.60. The van der Waals surface area contributed by atoms with Gasteiger partial charge in [0.25, 0.3) is 0 Å². The summed E-state index contributed by atoms with van der Waals surface area (Å²) in [5, 5.41) is 0. The normalized spacial score (nSPS) is 33.5. The summed E-state index contributed by atoms with van der Waals surface area (Å²) in [5.74, 6) is 0.364. The van der Waals surface area contributed by atoms with Gasteiger partial charge in [-0.1, -0.05) is 36.0 Å². The minimum Gasteiger partial charge on any atom is -0.366 e. The van der Waals surface area contributed by atoms with Crippen LogP contribution < -0.4 is 5.73 Å². The smallest absolute Gasteiger partial charge is 0.248 e. The zero-order chi connectivity index (χ0) is 11.8. The second-order valence-corrected chi connectivity index (χ2v) is 4.60. The summed E-state index contributed by atoms with van der Waals surface area (Å²) in [4.78, 5) is 15.7. The standard InChI is InChI=1S/C14H14N2O/c15-14(17)10-4-5-12-11-3-1-2-9(11)6-7-16-13(12)8-10/h1-5,7-8,11-13H,6H2,(H2,15,17). The minimum atomic E-state index is -0.378. The number of amides is 1. The van der Waals surface area contributed by atoms with Crippen LogP contribution in [0.15, 0.2) is 52.6 Å². The first-order chi connectivity index (χ1) is 8.25. The van der Waals surface area contributed by atoms with Gasteiger partial charge in [-0.15, -0.1) is 0 Å². The number of hydrogen-bond donors (Lipinski definition) is 1. The molecule has 3 rings (SSSR count). The van der Waals surface area contributed by atoms with E-state index in [0.29, 0.717) is 17.4 Å². The number of nitrogens with zero attached hydrogens (tertiary/aromatic N) is 1. The highest BCUT2D eigenvalue weighted by atomic mass is 16.1. The molecule has 0 aromatic heterocycles. The van der Waals surface area contributed by atoms with E-state index in [1.54, 1.807) is 0 Å². The molecule has 3 nitrogen and oxygen atoms in total. The molecule has 0 aromatic rings. The zero-order valence-electron chi connectivity index (χ0n) is 9.41. The fraction of sp³-hybridized carbons (Fsp3) is 0.286. The fourth-order valence-electron chi connectivity index (χ4n) is 2.71. The third-order valence-electron chi connectivity index (χ3n) is 3.60. The lowest BCUT2D eigenvalue weighted by molar-refractivity contribution is -0.114. The number of carbonyl (C=O) groups excluding carboxylic acids is 1. The van der Waals surface area contributed by atoms with Crippen molar-refractivity contribution in [1.29, 1.82) is 0 Å². The van der Waals surface area contributed by atoms with Crippen LogP contribution >= 0.6 is 0 Å². The first-order valence-electron chi connectivity index (χ1n) is 5.84. The van der Waals surface area contributed by atoms with Crippen LogP contribution in [-0.2, 0) is 4.79 Å². The monoisotopic (exact) mass is 226 g/mol. The van der Waals surface area contributed by atoms with Crippen molar-refractivity contribution in [3.8, 4) is 0 Å². The molecule has 1 amide bonds. The number of nitrogens with two attached hydrogens (primary N) is 1. The van der Waals surface area contributed by atoms with E-state index in [0.717, 1.165) is 6.42 Å². The molecule has 86 valence electrons. The van der Waals surface area contributed by atoms with E-state index >= 15 is 0 Å². The Hall–Kier alpha value is -1.90. The summed E-state index contributed by atoms with van der Waals surface area (Å²) >= 11 is 0. The second-order valence-electron chi connectivity index (χ2n) is 4.60. The van der Waals surface area contributed by atoms with E-state index in [1.807, 2.05) is 18.4 Å². The first-order valence-corrected chi connectivity index (χ1v) is 5.84. The summed E-state index contributed by atoms with van der Waals surface area (Å²) in [6, 6.07) is 0.0427. The van der Waals surface area contributed by atoms with Gasteiger partial charge in [0.05, 0.1) is 6.04 Å². The van der Waals surface area contributed by atoms with Gasteiger partial charge >= 0.3 is 0 Å². The summed E-state index contributed by atoms with van der Waals surface area (Å²) in [6.45, 7) is 0. The van der Waals surface area contributed by atoms with Gasteiger partial charge in [-0.2, -0.15) is 0 Å². The molecule has 0 fully saturated rings. The molecule has 0 bridgehead atoms. The van der Waals surface area contributed by atoms with E-state index < -0.39 is 0 Å². The number of rotatable bonds is 1. The Labute approximate surface area is 100 Å². The van der Waals surface area contributed by atoms with Gasteiger partial charge in [0.1, 0.15) is 0 Å². The third kappa shape index (κ3) is 1.68. The molecule has 1 aliphatic heterocycles. The number of carbonyl (C=O) groups is 1. The van der Waals surface area contributed by atoms with E-state index in [-0.39, 0.29) is 11.9 Å². The van der Waals surface area contributed by atoms with Gasteiger partial charge < -0.3 is 5.73 Å². The molecule has 3 heteroatoms. The van der Waals surface area contributed by atoms with E-state index in [2.05, 4.69) is 29.3 Å². The Bertz CT molecular complexity index is 508. The van der Waals surface area contributed by atoms with Crippen LogP contribution in [0.25, 0.3) is 0 Å². The molecule has 3 aliphatic rings. The molecule has 3 atom stereocenters. The highest BCUT2D eigenvalue weighted by molar-refractivity contribution is 5.95. The Morgan fingerprint density at radius 2 is 2.29 bits per heavy atom. The maximum Gasteiger partial charge on any atom is 0.248 e. The number of aliphatic imine (C=N–C) groups is 1. The highest BCUT2D eigenvalue weighted by Crippen LogP contribution is 2.37. The Morgan fingerprint density at radius 1 is 1.41 bits per heavy atom. The van der Waals surface area contributed by atoms with E-state index in [1.165, 1.54) is 5.57 Å². The summed E-state index contributed by atoms with van der Waals surface area (Å²) in [7, 11) is 0. The molecule has 2 N–H and O–H groups in total. The summed E-state index contributed by atoms with van der Waals surface area (Å²) in [6.07, 6.45) is 15.1. The Morgan fingerprint density at radius 3 is 3.12 bits per heavy atom. The fourth-order valence-corrected chi connectivity index (χ4v) is 2.71. The van der Waals surface area contributed by atoms with Gasteiger partial charge in [-0.3, -0.25) is 9.79 Å². The molecule has 0 saturated carbocycles. The van der Waals surface area contributed by atoms with Crippen molar-refractivity contribution in [3.63, 3.8) is 0 Å². The molecule has 17 heavy (non-hydrogen) atoms. The predicted octanol–water partition coefficient (Wildman–Crippen LogP) is 1.54. The van der Waals surface area contributed by atoms with Crippen molar-refractivity contribution in [2.75, 3.05) is 0 Å². The van der Waals surface area contributed by atoms with Gasteiger partial charge in [-0.25, -0.2) is 0 Å². The molecule has 2 aliphatic carbocycles. The Balaban J connectivity index is 1.96. The van der Waals surface area contributed by atoms with Crippen molar-refractivity contribution in [2.24, 2.45) is 22.6 Å². The molecular weight excluding hydrogens is 212 g/mol. The molecule has 0 spiro atoms. The van der Waals surface area contributed by atoms with Crippen LogP contribution in [0.2, 0.25) is 0 Å². The Kier molecular flexibility index (Phi) is 2.32. The van der Waals surface area contributed by atoms with Crippen LogP contribution in [0.1, 0.15) is 6.42 Å². The van der Waals surface area contributed by atoms with Gasteiger partial charge in [0.15, 0.2) is 0 Å². The second kappa shape index (κ2) is 3.84. The summed E-state index contributed by atoms with van der Waals surface area (Å²) < 4.78 is 0. The predicted molar refractivity (Wildman–Crippen MR) is 67.5 cm³/mol. The zero-order valence-corrected chi connectivity index (χ0v) is 9.41. The van der Waals surface area contributed by atoms with Crippen molar-refractivity contribution >= 4 is 12.1 Å². The summed E-state index contributed by atoms with van der Waals surface area (Å²) in [5.41, 5.74) is 7.27. The molecule has 1 heterocycles. The average Bonchev–Trinajstić information content (AvgIpc) is 2.71. The van der Waals surface area contributed by atoms with Crippen LogP contribution in [0, 0.1) is 11.8 Å². The highest BCUT2D eigenvalue weighted by Gasteiger charge is 2.32. The molecule has 0 radical (unpaired) electrons. The molecular formula is C14H14N2O. The largest absolute Gasteiger partial charge is 0.366 e. The number of hydrogen-bond acceptors (Lipinski definition) is 2. The van der Waals surface area contributed by atoms with Crippen LogP contribution in [0.3, 0.4) is 0 Å². The topological polar surface area (TPSA) is 55.5 Å².